The van der Waals surface area contributed by atoms with E-state index in [1.54, 1.807) is 6.08 Å². The largest absolute Gasteiger partial charge is 0.545 e. The van der Waals surface area contributed by atoms with E-state index in [0.717, 1.165) is 34.8 Å². The zero-order valence-electron chi connectivity index (χ0n) is 13.2. The third kappa shape index (κ3) is 5.51. The first-order chi connectivity index (χ1) is 11.6. The number of hydrogen-bond acceptors (Lipinski definition) is 4. The summed E-state index contributed by atoms with van der Waals surface area (Å²) in [6.45, 7) is 1.14. The van der Waals surface area contributed by atoms with Crippen molar-refractivity contribution >= 4 is 27.6 Å². The molecule has 0 fully saturated rings. The maximum absolute atomic E-state index is 10.6. The molecule has 24 heavy (non-hydrogen) atoms. The van der Waals surface area contributed by atoms with E-state index >= 15 is 0 Å². The fourth-order valence-corrected chi connectivity index (χ4v) is 2.89. The summed E-state index contributed by atoms with van der Waals surface area (Å²) in [7, 11) is 0. The third-order valence-electron chi connectivity index (χ3n) is 3.65. The minimum absolute atomic E-state index is 0.0270. The van der Waals surface area contributed by atoms with Crippen molar-refractivity contribution in [1.82, 2.24) is 0 Å². The van der Waals surface area contributed by atoms with E-state index in [-0.39, 0.29) is 6.61 Å². The van der Waals surface area contributed by atoms with Crippen molar-refractivity contribution in [3.05, 3.63) is 76.3 Å². The third-order valence-corrected chi connectivity index (χ3v) is 4.42. The number of benzene rings is 2. The molecule has 0 atom stereocenters. The predicted molar refractivity (Wildman–Crippen MR) is 96.6 cm³/mol. The fraction of sp³-hybridized carbons (Fsp3) is 0.211. The minimum Gasteiger partial charge on any atom is -0.545 e. The Morgan fingerprint density at radius 3 is 2.71 bits per heavy atom. The number of rotatable bonds is 8. The van der Waals surface area contributed by atoms with Gasteiger partial charge in [0.1, 0.15) is 0 Å². The molecule has 0 spiro atoms. The molecule has 0 unspecified atom stereocenters. The Labute approximate surface area is 150 Å². The van der Waals surface area contributed by atoms with Crippen LogP contribution in [0.4, 0.5) is 5.69 Å². The normalized spacial score (nSPS) is 10.9. The molecular weight excluding hydrogens is 370 g/mol. The van der Waals surface area contributed by atoms with E-state index in [9.17, 15) is 15.0 Å². The Bertz CT molecular complexity index is 715. The quantitative estimate of drug-likeness (QED) is 0.704. The maximum Gasteiger partial charge on any atom is 0.0682 e. The monoisotopic (exact) mass is 388 g/mol. The molecule has 0 saturated carbocycles. The Morgan fingerprint density at radius 1 is 1.21 bits per heavy atom. The standard InChI is InChI=1S/C19H20BrNO3/c20-18-8-2-1-6-16(18)10-12-21(11-4-9-19(23)24)17-7-3-5-15(13-17)14-22/h1-9,13,22H,10-12,14H2,(H,23,24)/p-1/b9-4+. The van der Waals surface area contributed by atoms with Crippen LogP contribution in [0.1, 0.15) is 11.1 Å². The van der Waals surface area contributed by atoms with Crippen LogP contribution in [0, 0.1) is 0 Å². The molecular formula is C19H19BrNO3-. The van der Waals surface area contributed by atoms with Gasteiger partial charge in [-0.25, -0.2) is 0 Å². The number of aliphatic hydroxyl groups excluding tert-OH is 1. The average molecular weight is 389 g/mol. The zero-order chi connectivity index (χ0) is 17.4. The Morgan fingerprint density at radius 2 is 2.00 bits per heavy atom. The molecule has 0 heterocycles. The lowest BCUT2D eigenvalue weighted by Gasteiger charge is -2.24. The van der Waals surface area contributed by atoms with Crippen LogP contribution in [0.3, 0.4) is 0 Å². The Hall–Kier alpha value is -2.11. The molecule has 4 nitrogen and oxygen atoms in total. The number of carboxylic acid groups (broad SMARTS) is 1. The van der Waals surface area contributed by atoms with Crippen LogP contribution >= 0.6 is 15.9 Å². The molecule has 0 amide bonds. The molecule has 0 saturated heterocycles. The second-order valence-corrected chi connectivity index (χ2v) is 6.19. The molecule has 0 aromatic heterocycles. The number of nitrogens with zero attached hydrogens (tertiary/aromatic N) is 1. The second-order valence-electron chi connectivity index (χ2n) is 5.34. The lowest BCUT2D eigenvalue weighted by atomic mass is 10.1. The number of carboxylic acids is 1. The number of carbonyl (C=O) groups excluding carboxylic acids is 1. The zero-order valence-corrected chi connectivity index (χ0v) is 14.8. The summed E-state index contributed by atoms with van der Waals surface area (Å²) in [5.41, 5.74) is 2.95. The van der Waals surface area contributed by atoms with Gasteiger partial charge in [0.25, 0.3) is 0 Å². The van der Waals surface area contributed by atoms with Gasteiger partial charge in [-0.15, -0.1) is 0 Å². The van der Waals surface area contributed by atoms with Crippen molar-refractivity contribution < 1.29 is 15.0 Å². The summed E-state index contributed by atoms with van der Waals surface area (Å²) in [5.74, 6) is -1.20. The highest BCUT2D eigenvalue weighted by Crippen LogP contribution is 2.20. The van der Waals surface area contributed by atoms with Gasteiger partial charge in [0.05, 0.1) is 12.6 Å². The predicted octanol–water partition coefficient (Wildman–Crippen LogP) is 2.30. The van der Waals surface area contributed by atoms with Gasteiger partial charge in [0.15, 0.2) is 0 Å². The van der Waals surface area contributed by atoms with Gasteiger partial charge in [-0.2, -0.15) is 0 Å². The first-order valence-corrected chi connectivity index (χ1v) is 8.45. The summed E-state index contributed by atoms with van der Waals surface area (Å²) in [4.78, 5) is 12.7. The number of hydrogen-bond donors (Lipinski definition) is 1. The molecule has 0 bridgehead atoms. The molecule has 0 aliphatic carbocycles. The first-order valence-electron chi connectivity index (χ1n) is 7.66. The van der Waals surface area contributed by atoms with Gasteiger partial charge in [-0.3, -0.25) is 0 Å². The highest BCUT2D eigenvalue weighted by molar-refractivity contribution is 9.10. The number of anilines is 1. The van der Waals surface area contributed by atoms with Gasteiger partial charge in [-0.05, 0) is 41.8 Å². The molecule has 0 aliphatic heterocycles. The molecule has 2 aromatic rings. The Kier molecular flexibility index (Phi) is 7.03. The number of halogens is 1. The molecule has 0 aliphatic rings. The molecule has 1 N–H and O–H groups in total. The summed E-state index contributed by atoms with van der Waals surface area (Å²) in [5, 5.41) is 19.9. The highest BCUT2D eigenvalue weighted by atomic mass is 79.9. The minimum atomic E-state index is -1.20. The van der Waals surface area contributed by atoms with Crippen LogP contribution in [-0.4, -0.2) is 24.2 Å². The summed E-state index contributed by atoms with van der Waals surface area (Å²) < 4.78 is 1.05. The van der Waals surface area contributed by atoms with Crippen molar-refractivity contribution in [3.8, 4) is 0 Å². The van der Waals surface area contributed by atoms with E-state index in [1.165, 1.54) is 5.56 Å². The lowest BCUT2D eigenvalue weighted by Crippen LogP contribution is -2.27. The smallest absolute Gasteiger partial charge is 0.0682 e. The van der Waals surface area contributed by atoms with E-state index in [1.807, 2.05) is 42.5 Å². The first kappa shape index (κ1) is 18.2. The van der Waals surface area contributed by atoms with Crippen LogP contribution in [0.25, 0.3) is 0 Å². The lowest BCUT2D eigenvalue weighted by molar-refractivity contribution is -0.297. The van der Waals surface area contributed by atoms with E-state index in [0.29, 0.717) is 6.54 Å². The van der Waals surface area contributed by atoms with Crippen LogP contribution < -0.4 is 10.0 Å². The van der Waals surface area contributed by atoms with Crippen LogP contribution in [0.15, 0.2) is 65.2 Å². The molecule has 0 radical (unpaired) electrons. The highest BCUT2D eigenvalue weighted by Gasteiger charge is 2.07. The van der Waals surface area contributed by atoms with Crippen molar-refractivity contribution in [2.45, 2.75) is 13.0 Å². The van der Waals surface area contributed by atoms with Crippen molar-refractivity contribution in [3.63, 3.8) is 0 Å². The van der Waals surface area contributed by atoms with E-state index in [2.05, 4.69) is 26.9 Å². The number of aliphatic hydroxyl groups is 1. The number of aliphatic carboxylic acids is 1. The van der Waals surface area contributed by atoms with Gasteiger partial charge < -0.3 is 19.9 Å². The summed E-state index contributed by atoms with van der Waals surface area (Å²) in [6, 6.07) is 15.6. The van der Waals surface area contributed by atoms with E-state index in [4.69, 9.17) is 0 Å². The van der Waals surface area contributed by atoms with Gasteiger partial charge in [0, 0.05) is 23.2 Å². The van der Waals surface area contributed by atoms with Crippen LogP contribution in [0.5, 0.6) is 0 Å². The summed E-state index contributed by atoms with van der Waals surface area (Å²) in [6.07, 6.45) is 3.42. The van der Waals surface area contributed by atoms with Gasteiger partial charge in [0.2, 0.25) is 0 Å². The molecule has 5 heteroatoms. The number of carbonyl (C=O) groups is 1. The second kappa shape index (κ2) is 9.25. The SMILES string of the molecule is O=C([O-])/C=C/CN(CCc1ccccc1Br)c1cccc(CO)c1. The molecule has 126 valence electrons. The fourth-order valence-electron chi connectivity index (χ4n) is 2.41. The topological polar surface area (TPSA) is 63.6 Å². The van der Waals surface area contributed by atoms with Crippen molar-refractivity contribution in [2.24, 2.45) is 0 Å². The molecule has 2 rings (SSSR count). The van der Waals surface area contributed by atoms with E-state index < -0.39 is 5.97 Å². The maximum atomic E-state index is 10.6. The van der Waals surface area contributed by atoms with Crippen LogP contribution in [-0.2, 0) is 17.8 Å². The Balaban J connectivity index is 2.15. The van der Waals surface area contributed by atoms with Gasteiger partial charge >= 0.3 is 0 Å². The van der Waals surface area contributed by atoms with Gasteiger partial charge in [-0.1, -0.05) is 52.3 Å². The van der Waals surface area contributed by atoms with Crippen LogP contribution in [0.2, 0.25) is 0 Å². The molecule has 2 aromatic carbocycles. The average Bonchev–Trinajstić information content (AvgIpc) is 2.59. The van der Waals surface area contributed by atoms with Crippen molar-refractivity contribution in [2.75, 3.05) is 18.0 Å². The van der Waals surface area contributed by atoms with Crippen molar-refractivity contribution in [1.29, 1.82) is 0 Å². The summed E-state index contributed by atoms with van der Waals surface area (Å²) >= 11 is 3.55.